The van der Waals surface area contributed by atoms with E-state index in [1.807, 2.05) is 60.7 Å². The minimum atomic E-state index is -0.682. The molecule has 0 spiro atoms. The van der Waals surface area contributed by atoms with Crippen LogP contribution in [0.25, 0.3) is 21.9 Å². The topological polar surface area (TPSA) is 90.4 Å². The number of fused-ring (bicyclic) bond motifs is 1. The summed E-state index contributed by atoms with van der Waals surface area (Å²) in [5.41, 5.74) is 8.78. The maximum atomic E-state index is 13.0. The molecule has 0 atom stereocenters. The largest absolute Gasteiger partial charge is 0.338 e. The Kier molecular flexibility index (Phi) is 5.35. The lowest BCUT2D eigenvalue weighted by molar-refractivity contribution is -0.141. The van der Waals surface area contributed by atoms with Crippen LogP contribution in [-0.4, -0.2) is 53.3 Å². The molecule has 6 nitrogen and oxygen atoms in total. The van der Waals surface area contributed by atoms with Gasteiger partial charge in [0, 0.05) is 37.1 Å². The van der Waals surface area contributed by atoms with E-state index < -0.39 is 5.54 Å². The van der Waals surface area contributed by atoms with Crippen LogP contribution in [0.1, 0.15) is 35.2 Å². The van der Waals surface area contributed by atoms with Gasteiger partial charge in [-0.15, -0.1) is 0 Å². The van der Waals surface area contributed by atoms with E-state index in [1.165, 1.54) is 0 Å². The van der Waals surface area contributed by atoms with E-state index in [4.69, 9.17) is 5.73 Å². The molecule has 0 bridgehead atoms. The molecular formula is C27H26N4O2. The van der Waals surface area contributed by atoms with Crippen LogP contribution in [0.15, 0.2) is 60.7 Å². The average molecular weight is 439 g/mol. The van der Waals surface area contributed by atoms with Crippen LogP contribution in [0.2, 0.25) is 0 Å². The van der Waals surface area contributed by atoms with Crippen molar-refractivity contribution in [2.24, 2.45) is 5.73 Å². The van der Waals surface area contributed by atoms with Crippen LogP contribution >= 0.6 is 0 Å². The van der Waals surface area contributed by atoms with Gasteiger partial charge in [0.15, 0.2) is 0 Å². The van der Waals surface area contributed by atoms with Crippen molar-refractivity contribution in [3.8, 4) is 17.2 Å². The van der Waals surface area contributed by atoms with Crippen molar-refractivity contribution in [2.45, 2.75) is 24.8 Å². The van der Waals surface area contributed by atoms with E-state index in [2.05, 4.69) is 6.07 Å². The van der Waals surface area contributed by atoms with E-state index in [9.17, 15) is 14.9 Å². The van der Waals surface area contributed by atoms with Gasteiger partial charge in [-0.25, -0.2) is 0 Å². The van der Waals surface area contributed by atoms with E-state index in [1.54, 1.807) is 9.80 Å². The molecule has 1 saturated carbocycles. The first kappa shape index (κ1) is 21.2. The Hall–Kier alpha value is -3.69. The molecule has 6 heteroatoms. The van der Waals surface area contributed by atoms with Gasteiger partial charge in [0.2, 0.25) is 5.91 Å². The smallest absolute Gasteiger partial charge is 0.253 e. The second-order valence-electron chi connectivity index (χ2n) is 9.02. The summed E-state index contributed by atoms with van der Waals surface area (Å²) in [5, 5.41) is 11.4. The first-order chi connectivity index (χ1) is 16.0. The zero-order valence-electron chi connectivity index (χ0n) is 18.5. The number of nitriles is 1. The third-order valence-electron chi connectivity index (χ3n) is 6.99. The molecule has 5 rings (SSSR count). The lowest BCUT2D eigenvalue weighted by atomic mass is 9.76. The molecule has 2 aliphatic rings. The molecule has 33 heavy (non-hydrogen) atoms. The summed E-state index contributed by atoms with van der Waals surface area (Å²) in [6.45, 7) is 2.09. The summed E-state index contributed by atoms with van der Waals surface area (Å²) in [5.74, 6) is 0.00479. The Balaban J connectivity index is 1.27. The minimum absolute atomic E-state index is 0.0231. The van der Waals surface area contributed by atoms with Crippen molar-refractivity contribution < 1.29 is 9.59 Å². The highest BCUT2D eigenvalue weighted by Crippen LogP contribution is 2.31. The summed E-state index contributed by atoms with van der Waals surface area (Å²) in [4.78, 5) is 29.2. The van der Waals surface area contributed by atoms with Crippen molar-refractivity contribution in [3.63, 3.8) is 0 Å². The SMILES string of the molecule is N#Cc1cccc2ccc(-c3ccc(C(=O)N4CCN(C(=O)C5(N)CCC5)CC4)cc3)cc12. The second-order valence-corrected chi connectivity index (χ2v) is 9.02. The fraction of sp³-hybridized carbons (Fsp3) is 0.296. The monoisotopic (exact) mass is 438 g/mol. The van der Waals surface area contributed by atoms with Gasteiger partial charge in [0.1, 0.15) is 0 Å². The molecule has 2 N–H and O–H groups in total. The quantitative estimate of drug-likeness (QED) is 0.677. The van der Waals surface area contributed by atoms with Crippen LogP contribution < -0.4 is 5.73 Å². The van der Waals surface area contributed by atoms with Gasteiger partial charge < -0.3 is 15.5 Å². The number of rotatable bonds is 3. The molecule has 1 aliphatic carbocycles. The van der Waals surface area contributed by atoms with Gasteiger partial charge >= 0.3 is 0 Å². The molecular weight excluding hydrogens is 412 g/mol. The molecule has 3 aromatic carbocycles. The maximum absolute atomic E-state index is 13.0. The molecule has 0 unspecified atom stereocenters. The van der Waals surface area contributed by atoms with Crippen LogP contribution in [0.5, 0.6) is 0 Å². The Labute approximate surface area is 193 Å². The zero-order valence-corrected chi connectivity index (χ0v) is 18.5. The summed E-state index contributed by atoms with van der Waals surface area (Å²) >= 11 is 0. The van der Waals surface area contributed by atoms with Crippen LogP contribution in [0.3, 0.4) is 0 Å². The minimum Gasteiger partial charge on any atom is -0.338 e. The summed E-state index contributed by atoms with van der Waals surface area (Å²) < 4.78 is 0. The highest BCUT2D eigenvalue weighted by molar-refractivity contribution is 5.96. The lowest BCUT2D eigenvalue weighted by Crippen LogP contribution is -2.62. The molecule has 1 saturated heterocycles. The third kappa shape index (κ3) is 3.85. The molecule has 1 aliphatic heterocycles. The van der Waals surface area contributed by atoms with Crippen molar-refractivity contribution in [2.75, 3.05) is 26.2 Å². The van der Waals surface area contributed by atoms with Crippen molar-refractivity contribution in [3.05, 3.63) is 71.8 Å². The number of amides is 2. The molecule has 166 valence electrons. The molecule has 0 aromatic heterocycles. The lowest BCUT2D eigenvalue weighted by Gasteiger charge is -2.43. The number of nitrogens with zero attached hydrogens (tertiary/aromatic N) is 3. The van der Waals surface area contributed by atoms with Crippen molar-refractivity contribution in [1.82, 2.24) is 9.80 Å². The first-order valence-electron chi connectivity index (χ1n) is 11.4. The fourth-order valence-corrected chi connectivity index (χ4v) is 4.74. The maximum Gasteiger partial charge on any atom is 0.253 e. The van der Waals surface area contributed by atoms with E-state index in [-0.39, 0.29) is 11.8 Å². The summed E-state index contributed by atoms with van der Waals surface area (Å²) in [6.07, 6.45) is 2.52. The number of carbonyl (C=O) groups excluding carboxylic acids is 2. The second kappa shape index (κ2) is 8.34. The zero-order chi connectivity index (χ0) is 23.0. The molecule has 0 radical (unpaired) electrons. The number of piperazine rings is 1. The number of hydrogen-bond acceptors (Lipinski definition) is 4. The molecule has 2 fully saturated rings. The number of benzene rings is 3. The van der Waals surface area contributed by atoms with Gasteiger partial charge in [0.25, 0.3) is 5.91 Å². The predicted molar refractivity (Wildman–Crippen MR) is 127 cm³/mol. The van der Waals surface area contributed by atoms with Gasteiger partial charge in [-0.05, 0) is 60.0 Å². The van der Waals surface area contributed by atoms with Crippen LogP contribution in [-0.2, 0) is 4.79 Å². The fourth-order valence-electron chi connectivity index (χ4n) is 4.74. The number of carbonyl (C=O) groups is 2. The summed E-state index contributed by atoms with van der Waals surface area (Å²) in [7, 11) is 0. The molecule has 3 aromatic rings. The van der Waals surface area contributed by atoms with Gasteiger partial charge in [0.05, 0.1) is 17.2 Å². The van der Waals surface area contributed by atoms with Gasteiger partial charge in [-0.3, -0.25) is 9.59 Å². The Bertz CT molecular complexity index is 1260. The predicted octanol–water partition coefficient (Wildman–Crippen LogP) is 3.54. The molecule has 1 heterocycles. The highest BCUT2D eigenvalue weighted by atomic mass is 16.2. The summed E-state index contributed by atoms with van der Waals surface area (Å²) in [6, 6.07) is 21.6. The van der Waals surface area contributed by atoms with E-state index in [0.717, 1.165) is 41.2 Å². The highest BCUT2D eigenvalue weighted by Gasteiger charge is 2.43. The number of hydrogen-bond donors (Lipinski definition) is 1. The first-order valence-corrected chi connectivity index (χ1v) is 11.4. The Morgan fingerprint density at radius 2 is 1.55 bits per heavy atom. The van der Waals surface area contributed by atoms with Gasteiger partial charge in [-0.1, -0.05) is 36.4 Å². The standard InChI is InChI=1S/C27H26N4O2/c28-18-23-4-1-3-20-7-10-22(17-24(20)23)19-5-8-21(9-6-19)25(32)30-13-15-31(16-14-30)26(33)27(29)11-2-12-27/h1,3-10,17H,2,11-16,29H2. The van der Waals surface area contributed by atoms with Crippen LogP contribution in [0.4, 0.5) is 0 Å². The average Bonchev–Trinajstić information content (AvgIpc) is 2.86. The molecule has 2 amide bonds. The Morgan fingerprint density at radius 1 is 0.879 bits per heavy atom. The van der Waals surface area contributed by atoms with Gasteiger partial charge in [-0.2, -0.15) is 5.26 Å². The third-order valence-corrected chi connectivity index (χ3v) is 6.99. The normalized spacial score (nSPS) is 17.3. The van der Waals surface area contributed by atoms with Crippen molar-refractivity contribution in [1.29, 1.82) is 5.26 Å². The van der Waals surface area contributed by atoms with Crippen LogP contribution in [0, 0.1) is 11.3 Å². The number of nitrogens with two attached hydrogens (primary N) is 1. The Morgan fingerprint density at radius 3 is 2.18 bits per heavy atom. The van der Waals surface area contributed by atoms with Crippen molar-refractivity contribution >= 4 is 22.6 Å². The van der Waals surface area contributed by atoms with E-state index in [0.29, 0.717) is 37.3 Å². The van der Waals surface area contributed by atoms with E-state index >= 15 is 0 Å².